The summed E-state index contributed by atoms with van der Waals surface area (Å²) in [5.74, 6) is 1.62. The second-order valence-corrected chi connectivity index (χ2v) is 6.15. The minimum atomic E-state index is -0.0815. The predicted octanol–water partition coefficient (Wildman–Crippen LogP) is 2.89. The summed E-state index contributed by atoms with van der Waals surface area (Å²) in [4.78, 5) is 16.4. The van der Waals surface area contributed by atoms with Crippen LogP contribution >= 0.6 is 11.8 Å². The molecule has 128 valence electrons. The van der Waals surface area contributed by atoms with Gasteiger partial charge in [0.25, 0.3) is 0 Å². The molecule has 25 heavy (non-hydrogen) atoms. The Morgan fingerprint density at radius 3 is 2.72 bits per heavy atom. The molecule has 2 aromatic carbocycles. The zero-order chi connectivity index (χ0) is 17.5. The summed E-state index contributed by atoms with van der Waals surface area (Å²) in [6.45, 7) is 0.423. The Bertz CT molecular complexity index is 836. The van der Waals surface area contributed by atoms with Crippen LogP contribution in [0, 0.1) is 0 Å². The predicted molar refractivity (Wildman–Crippen MR) is 97.4 cm³/mol. The lowest BCUT2D eigenvalue weighted by Gasteiger charge is -2.08. The quantitative estimate of drug-likeness (QED) is 0.638. The van der Waals surface area contributed by atoms with Gasteiger partial charge in [0.1, 0.15) is 5.75 Å². The second kappa shape index (κ2) is 8.34. The monoisotopic (exact) mass is 354 g/mol. The van der Waals surface area contributed by atoms with Gasteiger partial charge in [0.05, 0.1) is 12.9 Å². The Labute approximate surface area is 150 Å². The summed E-state index contributed by atoms with van der Waals surface area (Å²) in [5, 5.41) is 10.4. The van der Waals surface area contributed by atoms with E-state index in [1.54, 1.807) is 7.11 Å². The molecular formula is C18H18N4O2S. The van der Waals surface area contributed by atoms with Crippen molar-refractivity contribution in [3.05, 3.63) is 60.2 Å². The molecule has 1 aromatic heterocycles. The zero-order valence-corrected chi connectivity index (χ0v) is 14.5. The van der Waals surface area contributed by atoms with Crippen LogP contribution in [0.5, 0.6) is 5.75 Å². The minimum absolute atomic E-state index is 0.0815. The molecule has 0 radical (unpaired) electrons. The molecule has 1 amide bonds. The van der Waals surface area contributed by atoms with Gasteiger partial charge in [0.2, 0.25) is 11.1 Å². The number of hydrogen-bond acceptors (Lipinski definition) is 5. The minimum Gasteiger partial charge on any atom is -0.496 e. The highest BCUT2D eigenvalue weighted by atomic mass is 32.2. The molecule has 0 atom stereocenters. The maximum atomic E-state index is 12.0. The number of carbonyl (C=O) groups excluding carboxylic acids is 1. The number of amides is 1. The van der Waals surface area contributed by atoms with Crippen molar-refractivity contribution in [1.82, 2.24) is 20.5 Å². The van der Waals surface area contributed by atoms with Crippen LogP contribution in [0.1, 0.15) is 5.56 Å². The van der Waals surface area contributed by atoms with E-state index in [1.807, 2.05) is 54.6 Å². The first kappa shape index (κ1) is 17.0. The number of hydrogen-bond donors (Lipinski definition) is 2. The average Bonchev–Trinajstić information content (AvgIpc) is 3.14. The molecule has 1 heterocycles. The molecule has 0 saturated heterocycles. The number of benzene rings is 2. The van der Waals surface area contributed by atoms with E-state index < -0.39 is 0 Å². The first-order chi connectivity index (χ1) is 12.3. The van der Waals surface area contributed by atoms with Crippen LogP contribution in [-0.4, -0.2) is 34.0 Å². The van der Waals surface area contributed by atoms with Crippen molar-refractivity contribution in [3.8, 4) is 17.1 Å². The lowest BCUT2D eigenvalue weighted by molar-refractivity contribution is -0.118. The van der Waals surface area contributed by atoms with E-state index in [0.717, 1.165) is 16.9 Å². The van der Waals surface area contributed by atoms with Crippen LogP contribution in [0.25, 0.3) is 11.4 Å². The van der Waals surface area contributed by atoms with Crippen LogP contribution in [0.15, 0.2) is 59.8 Å². The van der Waals surface area contributed by atoms with Crippen molar-refractivity contribution >= 4 is 17.7 Å². The first-order valence-corrected chi connectivity index (χ1v) is 8.74. The van der Waals surface area contributed by atoms with Gasteiger partial charge in [0, 0.05) is 17.7 Å². The molecule has 0 unspecified atom stereocenters. The Hall–Kier alpha value is -2.80. The number of aromatic nitrogens is 3. The van der Waals surface area contributed by atoms with Gasteiger partial charge >= 0.3 is 0 Å². The fourth-order valence-electron chi connectivity index (χ4n) is 2.26. The number of para-hydroxylation sites is 1. The topological polar surface area (TPSA) is 79.9 Å². The van der Waals surface area contributed by atoms with Crippen molar-refractivity contribution in [2.75, 3.05) is 12.9 Å². The van der Waals surface area contributed by atoms with E-state index in [2.05, 4.69) is 20.5 Å². The van der Waals surface area contributed by atoms with Crippen LogP contribution in [0.2, 0.25) is 0 Å². The molecule has 0 aliphatic carbocycles. The zero-order valence-electron chi connectivity index (χ0n) is 13.7. The lowest BCUT2D eigenvalue weighted by atomic mass is 10.2. The summed E-state index contributed by atoms with van der Waals surface area (Å²) in [6.07, 6.45) is 0. The number of rotatable bonds is 7. The molecule has 0 spiro atoms. The number of aromatic amines is 1. The third-order valence-electron chi connectivity index (χ3n) is 3.51. The molecular weight excluding hydrogens is 336 g/mol. The van der Waals surface area contributed by atoms with Crippen molar-refractivity contribution in [2.24, 2.45) is 0 Å². The van der Waals surface area contributed by atoms with Gasteiger partial charge in [-0.1, -0.05) is 60.3 Å². The van der Waals surface area contributed by atoms with Gasteiger partial charge < -0.3 is 10.1 Å². The molecule has 0 aliphatic heterocycles. The first-order valence-electron chi connectivity index (χ1n) is 7.75. The number of carbonyl (C=O) groups is 1. The fraction of sp³-hybridized carbons (Fsp3) is 0.167. The Balaban J connectivity index is 1.50. The number of H-pyrrole nitrogens is 1. The van der Waals surface area contributed by atoms with Crippen LogP contribution < -0.4 is 10.1 Å². The van der Waals surface area contributed by atoms with Crippen molar-refractivity contribution < 1.29 is 9.53 Å². The molecule has 0 saturated carbocycles. The average molecular weight is 354 g/mol. The molecule has 0 bridgehead atoms. The molecule has 3 aromatic rings. The summed E-state index contributed by atoms with van der Waals surface area (Å²) >= 11 is 1.29. The Kier molecular flexibility index (Phi) is 5.69. The molecule has 2 N–H and O–H groups in total. The highest BCUT2D eigenvalue weighted by Gasteiger charge is 2.09. The van der Waals surface area contributed by atoms with Gasteiger partial charge in [0.15, 0.2) is 5.82 Å². The SMILES string of the molecule is COc1ccccc1CNC(=O)CSc1n[nH]c(-c2ccccc2)n1. The standard InChI is InChI=1S/C18H18N4O2S/c1-24-15-10-6-5-9-14(15)11-19-16(23)12-25-18-20-17(21-22-18)13-7-3-2-4-8-13/h2-10H,11-12H2,1H3,(H,19,23)(H,20,21,22). The maximum absolute atomic E-state index is 12.0. The van der Waals surface area contributed by atoms with E-state index >= 15 is 0 Å². The highest BCUT2D eigenvalue weighted by Crippen LogP contribution is 2.19. The Morgan fingerprint density at radius 2 is 1.92 bits per heavy atom. The van der Waals surface area contributed by atoms with Gasteiger partial charge in [-0.15, -0.1) is 5.10 Å². The number of ether oxygens (including phenoxy) is 1. The molecule has 0 aliphatic rings. The molecule has 7 heteroatoms. The van der Waals surface area contributed by atoms with Crippen molar-refractivity contribution in [3.63, 3.8) is 0 Å². The van der Waals surface area contributed by atoms with E-state index in [0.29, 0.717) is 17.5 Å². The summed E-state index contributed by atoms with van der Waals surface area (Å²) in [7, 11) is 1.62. The highest BCUT2D eigenvalue weighted by molar-refractivity contribution is 7.99. The normalized spacial score (nSPS) is 10.4. The van der Waals surface area contributed by atoms with Crippen LogP contribution in [0.3, 0.4) is 0 Å². The van der Waals surface area contributed by atoms with E-state index in [4.69, 9.17) is 4.74 Å². The second-order valence-electron chi connectivity index (χ2n) is 5.21. The summed E-state index contributed by atoms with van der Waals surface area (Å²) in [5.41, 5.74) is 1.90. The van der Waals surface area contributed by atoms with Gasteiger partial charge in [-0.05, 0) is 6.07 Å². The van der Waals surface area contributed by atoms with E-state index in [-0.39, 0.29) is 11.7 Å². The van der Waals surface area contributed by atoms with Crippen molar-refractivity contribution in [1.29, 1.82) is 0 Å². The largest absolute Gasteiger partial charge is 0.496 e. The van der Waals surface area contributed by atoms with Gasteiger partial charge in [-0.25, -0.2) is 4.98 Å². The molecule has 6 nitrogen and oxygen atoms in total. The van der Waals surface area contributed by atoms with Crippen LogP contribution in [-0.2, 0) is 11.3 Å². The summed E-state index contributed by atoms with van der Waals surface area (Å²) < 4.78 is 5.27. The number of nitrogens with one attached hydrogen (secondary N) is 2. The van der Waals surface area contributed by atoms with E-state index in [9.17, 15) is 4.79 Å². The number of thioether (sulfide) groups is 1. The molecule has 0 fully saturated rings. The third-order valence-corrected chi connectivity index (χ3v) is 4.36. The van der Waals surface area contributed by atoms with E-state index in [1.165, 1.54) is 11.8 Å². The Morgan fingerprint density at radius 1 is 1.16 bits per heavy atom. The smallest absolute Gasteiger partial charge is 0.230 e. The van der Waals surface area contributed by atoms with Crippen molar-refractivity contribution in [2.45, 2.75) is 11.7 Å². The van der Waals surface area contributed by atoms with Gasteiger partial charge in [-0.3, -0.25) is 9.89 Å². The number of methoxy groups -OCH3 is 1. The maximum Gasteiger partial charge on any atom is 0.230 e. The van der Waals surface area contributed by atoms with Gasteiger partial charge in [-0.2, -0.15) is 0 Å². The summed E-state index contributed by atoms with van der Waals surface area (Å²) in [6, 6.07) is 17.3. The third kappa shape index (κ3) is 4.60. The lowest BCUT2D eigenvalue weighted by Crippen LogP contribution is -2.24. The molecule has 3 rings (SSSR count). The fourth-order valence-corrected chi connectivity index (χ4v) is 2.89. The van der Waals surface area contributed by atoms with Crippen LogP contribution in [0.4, 0.5) is 0 Å². The number of nitrogens with zero attached hydrogens (tertiary/aromatic N) is 2.